The molecule has 0 aliphatic carbocycles. The van der Waals surface area contributed by atoms with E-state index in [0.717, 1.165) is 36.3 Å². The van der Waals surface area contributed by atoms with Gasteiger partial charge in [-0.1, -0.05) is 13.8 Å². The molecule has 106 valence electrons. The Morgan fingerprint density at radius 2 is 2.05 bits per heavy atom. The average molecular weight is 262 g/mol. The second kappa shape index (κ2) is 6.38. The minimum atomic E-state index is -0.419. The summed E-state index contributed by atoms with van der Waals surface area (Å²) in [5.41, 5.74) is 0.953. The molecule has 2 heterocycles. The molecule has 1 aromatic heterocycles. The third-order valence-corrected chi connectivity index (χ3v) is 4.29. The van der Waals surface area contributed by atoms with E-state index in [9.17, 15) is 5.11 Å². The van der Waals surface area contributed by atoms with Gasteiger partial charge in [0.2, 0.25) is 0 Å². The maximum atomic E-state index is 9.67. The third kappa shape index (κ3) is 3.69. The molecule has 0 spiro atoms. The van der Waals surface area contributed by atoms with Crippen LogP contribution in [0.3, 0.4) is 0 Å². The maximum Gasteiger partial charge on any atom is 0.128 e. The Bertz CT molecular complexity index is 403. The summed E-state index contributed by atoms with van der Waals surface area (Å²) in [5, 5.41) is 9.67. The zero-order valence-corrected chi connectivity index (χ0v) is 12.3. The molecule has 0 bridgehead atoms. The fourth-order valence-corrected chi connectivity index (χ4v) is 2.88. The first-order valence-corrected chi connectivity index (χ1v) is 7.47. The summed E-state index contributed by atoms with van der Waals surface area (Å²) in [4.78, 5) is 6.84. The smallest absolute Gasteiger partial charge is 0.128 e. The molecule has 0 saturated carbocycles. The monoisotopic (exact) mass is 262 g/mol. The molecule has 0 radical (unpaired) electrons. The Labute approximate surface area is 116 Å². The number of aliphatic hydroxyl groups is 1. The first kappa shape index (κ1) is 14.3. The lowest BCUT2D eigenvalue weighted by Crippen LogP contribution is -2.25. The van der Waals surface area contributed by atoms with Crippen molar-refractivity contribution in [3.8, 4) is 0 Å². The van der Waals surface area contributed by atoms with Crippen LogP contribution in [0.4, 0.5) is 5.82 Å². The topological polar surface area (TPSA) is 36.4 Å². The van der Waals surface area contributed by atoms with E-state index in [1.807, 2.05) is 18.3 Å². The van der Waals surface area contributed by atoms with Gasteiger partial charge >= 0.3 is 0 Å². The molecule has 1 fully saturated rings. The zero-order valence-electron chi connectivity index (χ0n) is 12.3. The summed E-state index contributed by atoms with van der Waals surface area (Å²) in [6.07, 6.45) is 5.20. The third-order valence-electron chi connectivity index (χ3n) is 4.29. The lowest BCUT2D eigenvalue weighted by atomic mass is 9.89. The van der Waals surface area contributed by atoms with Gasteiger partial charge in [0, 0.05) is 19.3 Å². The SMILES string of the molecule is CC(C)C1CCCN(c2cc([C@H](C)O)ccn2)CC1. The summed E-state index contributed by atoms with van der Waals surface area (Å²) in [6, 6.07) is 3.92. The molecule has 1 aromatic rings. The van der Waals surface area contributed by atoms with Crippen LogP contribution in [0.5, 0.6) is 0 Å². The van der Waals surface area contributed by atoms with Gasteiger partial charge < -0.3 is 10.0 Å². The van der Waals surface area contributed by atoms with Crippen LogP contribution in [0.2, 0.25) is 0 Å². The molecule has 1 N–H and O–H groups in total. The highest BCUT2D eigenvalue weighted by molar-refractivity contribution is 5.41. The molecule has 3 nitrogen and oxygen atoms in total. The fraction of sp³-hybridized carbons (Fsp3) is 0.688. The highest BCUT2D eigenvalue weighted by Gasteiger charge is 2.20. The van der Waals surface area contributed by atoms with Crippen molar-refractivity contribution in [1.82, 2.24) is 4.98 Å². The van der Waals surface area contributed by atoms with Crippen LogP contribution >= 0.6 is 0 Å². The number of nitrogens with zero attached hydrogens (tertiary/aromatic N) is 2. The second-order valence-corrected chi connectivity index (χ2v) is 6.05. The van der Waals surface area contributed by atoms with Gasteiger partial charge in [-0.3, -0.25) is 0 Å². The molecule has 2 rings (SSSR count). The van der Waals surface area contributed by atoms with Crippen molar-refractivity contribution >= 4 is 5.82 Å². The van der Waals surface area contributed by atoms with Crippen molar-refractivity contribution < 1.29 is 5.11 Å². The summed E-state index contributed by atoms with van der Waals surface area (Å²) in [5.74, 6) is 2.63. The van der Waals surface area contributed by atoms with E-state index >= 15 is 0 Å². The van der Waals surface area contributed by atoms with Crippen molar-refractivity contribution in [2.45, 2.75) is 46.1 Å². The molecular weight excluding hydrogens is 236 g/mol. The van der Waals surface area contributed by atoms with Crippen LogP contribution in [0, 0.1) is 11.8 Å². The van der Waals surface area contributed by atoms with Gasteiger partial charge in [0.1, 0.15) is 5.82 Å². The quantitative estimate of drug-likeness (QED) is 0.907. The van der Waals surface area contributed by atoms with Gasteiger partial charge in [-0.15, -0.1) is 0 Å². The second-order valence-electron chi connectivity index (χ2n) is 6.05. The minimum absolute atomic E-state index is 0.419. The maximum absolute atomic E-state index is 9.67. The van der Waals surface area contributed by atoms with Crippen molar-refractivity contribution in [2.24, 2.45) is 11.8 Å². The molecule has 0 aromatic carbocycles. The van der Waals surface area contributed by atoms with Crippen LogP contribution in [0.25, 0.3) is 0 Å². The number of hydrogen-bond acceptors (Lipinski definition) is 3. The lowest BCUT2D eigenvalue weighted by Gasteiger charge is -2.23. The molecular formula is C16H26N2O. The number of hydrogen-bond donors (Lipinski definition) is 1. The van der Waals surface area contributed by atoms with E-state index in [-0.39, 0.29) is 0 Å². The van der Waals surface area contributed by atoms with Gasteiger partial charge in [-0.25, -0.2) is 4.98 Å². The van der Waals surface area contributed by atoms with Crippen molar-refractivity contribution in [1.29, 1.82) is 0 Å². The zero-order chi connectivity index (χ0) is 13.8. The van der Waals surface area contributed by atoms with E-state index in [1.54, 1.807) is 6.92 Å². The van der Waals surface area contributed by atoms with Gasteiger partial charge in [0.05, 0.1) is 6.10 Å². The van der Waals surface area contributed by atoms with Crippen molar-refractivity contribution in [3.63, 3.8) is 0 Å². The van der Waals surface area contributed by atoms with E-state index in [2.05, 4.69) is 23.7 Å². The summed E-state index contributed by atoms with van der Waals surface area (Å²) in [7, 11) is 0. The highest BCUT2D eigenvalue weighted by atomic mass is 16.3. The predicted molar refractivity (Wildman–Crippen MR) is 79.3 cm³/mol. The number of rotatable bonds is 3. The van der Waals surface area contributed by atoms with Crippen LogP contribution in [-0.2, 0) is 0 Å². The van der Waals surface area contributed by atoms with Crippen molar-refractivity contribution in [2.75, 3.05) is 18.0 Å². The predicted octanol–water partition coefficient (Wildman–Crippen LogP) is 3.40. The standard InChI is InChI=1S/C16H26N2O/c1-12(2)14-5-4-9-18(10-7-14)16-11-15(13(3)19)6-8-17-16/h6,8,11-14,19H,4-5,7,9-10H2,1-3H3/t13-,14?/m0/s1. The summed E-state index contributed by atoms with van der Waals surface area (Å²) < 4.78 is 0. The van der Waals surface area contributed by atoms with E-state index < -0.39 is 6.10 Å². The fourth-order valence-electron chi connectivity index (χ4n) is 2.88. The number of anilines is 1. The Balaban J connectivity index is 2.07. The van der Waals surface area contributed by atoms with Gasteiger partial charge in [0.25, 0.3) is 0 Å². The first-order chi connectivity index (χ1) is 9.08. The number of aromatic nitrogens is 1. The molecule has 3 heteroatoms. The Morgan fingerprint density at radius 1 is 1.26 bits per heavy atom. The normalized spacial score (nSPS) is 22.4. The van der Waals surface area contributed by atoms with Crippen LogP contribution in [-0.4, -0.2) is 23.2 Å². The van der Waals surface area contributed by atoms with Crippen molar-refractivity contribution in [3.05, 3.63) is 23.9 Å². The Morgan fingerprint density at radius 3 is 2.74 bits per heavy atom. The van der Waals surface area contributed by atoms with Gasteiger partial charge in [-0.05, 0) is 55.7 Å². The van der Waals surface area contributed by atoms with Gasteiger partial charge in [-0.2, -0.15) is 0 Å². The van der Waals surface area contributed by atoms with E-state index in [0.29, 0.717) is 0 Å². The van der Waals surface area contributed by atoms with Crippen LogP contribution < -0.4 is 4.90 Å². The molecule has 2 atom stereocenters. The molecule has 1 aliphatic rings. The van der Waals surface area contributed by atoms with E-state index in [1.165, 1.54) is 19.3 Å². The summed E-state index contributed by atoms with van der Waals surface area (Å²) in [6.45, 7) is 8.62. The minimum Gasteiger partial charge on any atom is -0.389 e. The Hall–Kier alpha value is -1.09. The Kier molecular flexibility index (Phi) is 4.81. The molecule has 1 unspecified atom stereocenters. The average Bonchev–Trinajstić information content (AvgIpc) is 2.64. The largest absolute Gasteiger partial charge is 0.389 e. The van der Waals surface area contributed by atoms with Gasteiger partial charge in [0.15, 0.2) is 0 Å². The highest BCUT2D eigenvalue weighted by Crippen LogP contribution is 2.27. The molecule has 1 saturated heterocycles. The van der Waals surface area contributed by atoms with Crippen LogP contribution in [0.15, 0.2) is 18.3 Å². The number of aliphatic hydroxyl groups excluding tert-OH is 1. The van der Waals surface area contributed by atoms with E-state index in [4.69, 9.17) is 0 Å². The first-order valence-electron chi connectivity index (χ1n) is 7.47. The molecule has 19 heavy (non-hydrogen) atoms. The van der Waals surface area contributed by atoms with Crippen LogP contribution in [0.1, 0.15) is 51.7 Å². The lowest BCUT2D eigenvalue weighted by molar-refractivity contribution is 0.199. The molecule has 1 aliphatic heterocycles. The molecule has 0 amide bonds. The summed E-state index contributed by atoms with van der Waals surface area (Å²) >= 11 is 0. The number of pyridine rings is 1.